The predicted octanol–water partition coefficient (Wildman–Crippen LogP) is 4.35. The van der Waals surface area contributed by atoms with Gasteiger partial charge in [0.05, 0.1) is 11.3 Å². The van der Waals surface area contributed by atoms with Gasteiger partial charge in [-0.05, 0) is 80.0 Å². The van der Waals surface area contributed by atoms with Gasteiger partial charge in [-0.2, -0.15) is 0 Å². The Hall–Kier alpha value is -2.74. The normalized spacial score (nSPS) is 34.2. The average molecular weight is 530 g/mol. The van der Waals surface area contributed by atoms with E-state index in [0.717, 1.165) is 38.5 Å². The highest BCUT2D eigenvalue weighted by Gasteiger charge is 2.59. The Balaban J connectivity index is 0.000000163. The maximum Gasteiger partial charge on any atom is 0.310 e. The minimum atomic E-state index is -0.656. The van der Waals surface area contributed by atoms with Crippen LogP contribution in [0.15, 0.2) is 36.0 Å². The van der Waals surface area contributed by atoms with Gasteiger partial charge in [0.15, 0.2) is 0 Å². The molecule has 7 atom stereocenters. The molecule has 5 aliphatic carbocycles. The van der Waals surface area contributed by atoms with Crippen LogP contribution in [0, 0.1) is 46.3 Å². The van der Waals surface area contributed by atoms with E-state index in [0.29, 0.717) is 23.8 Å². The zero-order valence-corrected chi connectivity index (χ0v) is 23.0. The van der Waals surface area contributed by atoms with Gasteiger partial charge in [-0.15, -0.1) is 0 Å². The number of carboxylic acids is 2. The molecule has 0 radical (unpaired) electrons. The van der Waals surface area contributed by atoms with E-state index in [9.17, 15) is 29.4 Å². The highest BCUT2D eigenvalue weighted by atomic mass is 16.4. The zero-order chi connectivity index (χ0) is 28.3. The summed E-state index contributed by atoms with van der Waals surface area (Å²) in [5, 5.41) is 29.7. The Morgan fingerprint density at radius 1 is 1.05 bits per heavy atom. The van der Waals surface area contributed by atoms with Crippen LogP contribution < -0.4 is 5.32 Å². The summed E-state index contributed by atoms with van der Waals surface area (Å²) in [6.07, 6.45) is 16.1. The molecular formula is C30H43NO7. The zero-order valence-electron chi connectivity index (χ0n) is 23.0. The third-order valence-corrected chi connectivity index (χ3v) is 9.22. The molecular weight excluding hydrogens is 486 g/mol. The van der Waals surface area contributed by atoms with E-state index < -0.39 is 17.4 Å². The summed E-state index contributed by atoms with van der Waals surface area (Å²) in [5.74, 6) is -0.337. The van der Waals surface area contributed by atoms with Crippen molar-refractivity contribution in [2.75, 3.05) is 6.61 Å². The number of hydrogen-bond acceptors (Lipinski definition) is 5. The second-order valence-corrected chi connectivity index (χ2v) is 12.2. The Morgan fingerprint density at radius 2 is 1.71 bits per heavy atom. The number of aliphatic carboxylic acids is 2. The van der Waals surface area contributed by atoms with Gasteiger partial charge in [-0.1, -0.05) is 52.0 Å². The van der Waals surface area contributed by atoms with E-state index in [1.807, 2.05) is 6.92 Å². The van der Waals surface area contributed by atoms with Crippen molar-refractivity contribution >= 4 is 23.8 Å². The minimum absolute atomic E-state index is 0.150. The third-order valence-electron chi connectivity index (χ3n) is 9.22. The van der Waals surface area contributed by atoms with Crippen molar-refractivity contribution in [3.63, 3.8) is 0 Å². The second kappa shape index (κ2) is 12.0. The van der Waals surface area contributed by atoms with Crippen LogP contribution in [-0.2, 0) is 19.2 Å². The van der Waals surface area contributed by atoms with E-state index in [1.165, 1.54) is 6.08 Å². The first kappa shape index (κ1) is 29.8. The molecule has 0 aromatic rings. The number of hydrogen-bond donors (Lipinski definition) is 4. The molecule has 38 heavy (non-hydrogen) atoms. The Bertz CT molecular complexity index is 1020. The van der Waals surface area contributed by atoms with Crippen LogP contribution in [-0.4, -0.2) is 45.7 Å². The third kappa shape index (κ3) is 5.95. The van der Waals surface area contributed by atoms with Crippen molar-refractivity contribution in [2.45, 2.75) is 72.6 Å². The fourth-order valence-electron chi connectivity index (χ4n) is 7.19. The molecule has 6 aliphatic rings. The maximum absolute atomic E-state index is 11.5. The van der Waals surface area contributed by atoms with Gasteiger partial charge in [0.1, 0.15) is 0 Å². The molecule has 2 fully saturated rings. The van der Waals surface area contributed by atoms with Gasteiger partial charge in [0, 0.05) is 18.3 Å². The van der Waals surface area contributed by atoms with Crippen LogP contribution in [0.2, 0.25) is 0 Å². The molecule has 7 unspecified atom stereocenters. The Kier molecular flexibility index (Phi) is 9.39. The summed E-state index contributed by atoms with van der Waals surface area (Å²) in [6, 6.07) is 0. The van der Waals surface area contributed by atoms with Crippen molar-refractivity contribution in [1.82, 2.24) is 5.32 Å². The lowest BCUT2D eigenvalue weighted by Crippen LogP contribution is -2.46. The lowest BCUT2D eigenvalue weighted by Gasteiger charge is -2.43. The summed E-state index contributed by atoms with van der Waals surface area (Å²) in [5.41, 5.74) is -0.102. The molecule has 2 amide bonds. The van der Waals surface area contributed by atoms with E-state index in [-0.39, 0.29) is 47.5 Å². The predicted molar refractivity (Wildman–Crippen MR) is 143 cm³/mol. The smallest absolute Gasteiger partial charge is 0.310 e. The highest BCUT2D eigenvalue weighted by molar-refractivity contribution is 6.16. The van der Waals surface area contributed by atoms with Crippen molar-refractivity contribution in [2.24, 2.45) is 46.3 Å². The molecule has 0 aromatic carbocycles. The number of carbonyl (C=O) groups excluding carboxylic acids is 2. The molecule has 2 saturated carbocycles. The Labute approximate surface area is 225 Å². The number of carboxylic acid groups (broad SMARTS) is 2. The molecule has 8 heteroatoms. The molecule has 8 nitrogen and oxygen atoms in total. The van der Waals surface area contributed by atoms with E-state index >= 15 is 0 Å². The lowest BCUT2D eigenvalue weighted by atomic mass is 9.60. The number of allylic oxidation sites excluding steroid dienone is 4. The number of rotatable bonds is 6. The van der Waals surface area contributed by atoms with Gasteiger partial charge in [-0.3, -0.25) is 24.5 Å². The molecule has 0 saturated heterocycles. The number of amides is 2. The first-order valence-electron chi connectivity index (χ1n) is 13.8. The van der Waals surface area contributed by atoms with E-state index in [2.05, 4.69) is 50.4 Å². The number of aliphatic hydroxyl groups excluding tert-OH is 1. The Morgan fingerprint density at radius 3 is 2.05 bits per heavy atom. The molecule has 4 bridgehead atoms. The minimum Gasteiger partial charge on any atom is -0.481 e. The number of carbonyl (C=O) groups is 4. The molecule has 0 spiro atoms. The van der Waals surface area contributed by atoms with Crippen LogP contribution in [0.4, 0.5) is 0 Å². The summed E-state index contributed by atoms with van der Waals surface area (Å²) in [4.78, 5) is 43.8. The quantitative estimate of drug-likeness (QED) is 0.296. The topological polar surface area (TPSA) is 141 Å². The van der Waals surface area contributed by atoms with Crippen molar-refractivity contribution in [3.8, 4) is 0 Å². The first-order valence-corrected chi connectivity index (χ1v) is 13.8. The summed E-state index contributed by atoms with van der Waals surface area (Å²) in [6.45, 7) is 8.16. The second-order valence-electron chi connectivity index (χ2n) is 12.2. The van der Waals surface area contributed by atoms with Crippen molar-refractivity contribution in [1.29, 1.82) is 0 Å². The van der Waals surface area contributed by atoms with Crippen LogP contribution in [0.1, 0.15) is 72.6 Å². The highest BCUT2D eigenvalue weighted by Crippen LogP contribution is 2.60. The maximum atomic E-state index is 11.5. The van der Waals surface area contributed by atoms with Crippen LogP contribution in [0.5, 0.6) is 0 Å². The summed E-state index contributed by atoms with van der Waals surface area (Å²) in [7, 11) is 0. The fourth-order valence-corrected chi connectivity index (χ4v) is 7.19. The standard InChI is InChI=1S/C12H18O3.C12H18O2.C6H7NO2/c13-7-1-2-10-8-3-5-9(6-4-8)11(10)12(14)15;1-11(2,3)12(10(13)14)7-8-4-5-9(12)6-8;1-2-4-3-5(8)7-6(4)9/h3,5,8-11,13H,1-2,4,6-7H2,(H,14,15);4-5,8-9H,6-7H2,1-3H3,(H,13,14);3H,2H2,1H3,(H,7,8,9). The molecule has 0 aromatic heterocycles. The number of aliphatic hydroxyl groups is 1. The molecule has 6 rings (SSSR count). The van der Waals surface area contributed by atoms with Gasteiger partial charge in [0.2, 0.25) is 0 Å². The first-order chi connectivity index (χ1) is 17.8. The molecule has 4 N–H and O–H groups in total. The summed E-state index contributed by atoms with van der Waals surface area (Å²) >= 11 is 0. The van der Waals surface area contributed by atoms with E-state index in [4.69, 9.17) is 5.11 Å². The molecule has 210 valence electrons. The van der Waals surface area contributed by atoms with Gasteiger partial charge < -0.3 is 15.3 Å². The monoisotopic (exact) mass is 529 g/mol. The summed E-state index contributed by atoms with van der Waals surface area (Å²) < 4.78 is 0. The van der Waals surface area contributed by atoms with E-state index in [1.54, 1.807) is 0 Å². The van der Waals surface area contributed by atoms with Crippen LogP contribution >= 0.6 is 0 Å². The number of fused-ring (bicyclic) bond motifs is 4. The van der Waals surface area contributed by atoms with Gasteiger partial charge >= 0.3 is 11.9 Å². The van der Waals surface area contributed by atoms with Crippen molar-refractivity contribution in [3.05, 3.63) is 36.0 Å². The largest absolute Gasteiger partial charge is 0.481 e. The molecule has 1 heterocycles. The van der Waals surface area contributed by atoms with Gasteiger partial charge in [-0.25, -0.2) is 0 Å². The molecule has 1 aliphatic heterocycles. The van der Waals surface area contributed by atoms with Gasteiger partial charge in [0.25, 0.3) is 11.8 Å². The van der Waals surface area contributed by atoms with Crippen LogP contribution in [0.3, 0.4) is 0 Å². The number of nitrogens with one attached hydrogen (secondary N) is 1. The average Bonchev–Trinajstić information content (AvgIpc) is 3.57. The van der Waals surface area contributed by atoms with Crippen molar-refractivity contribution < 1.29 is 34.5 Å². The lowest BCUT2D eigenvalue weighted by molar-refractivity contribution is -0.159. The fraction of sp³-hybridized carbons (Fsp3) is 0.667. The SMILES string of the molecule is CC(C)(C)C1(C(=O)O)CC2C=CC1C2.CCC1=CC(=O)NC1=O.O=C(O)C1C2C=CC(CC2)C1CCCO. The number of imide groups is 1. The van der Waals surface area contributed by atoms with Crippen LogP contribution in [0.25, 0.3) is 0 Å².